The molecule has 0 atom stereocenters. The molecule has 2 rings (SSSR count). The molecule has 0 fully saturated rings. The summed E-state index contributed by atoms with van der Waals surface area (Å²) in [6.45, 7) is 0. The zero-order chi connectivity index (χ0) is 13.7. The molecule has 0 aliphatic carbocycles. The van der Waals surface area contributed by atoms with Crippen LogP contribution in [0.5, 0.6) is 5.75 Å². The fraction of sp³-hybridized carbons (Fsp3) is 0. The smallest absolute Gasteiger partial charge is 0.404 e. The molecule has 0 aromatic heterocycles. The monoisotopic (exact) mass is 276 g/mol. The van der Waals surface area contributed by atoms with Crippen molar-refractivity contribution in [2.24, 2.45) is 0 Å². The van der Waals surface area contributed by atoms with Gasteiger partial charge in [-0.3, -0.25) is 9.79 Å². The minimum atomic E-state index is -4.48. The lowest BCUT2D eigenvalue weighted by atomic mass is 10.1. The van der Waals surface area contributed by atoms with E-state index < -0.39 is 7.82 Å². The molecule has 4 nitrogen and oxygen atoms in total. The van der Waals surface area contributed by atoms with Crippen molar-refractivity contribution in [2.45, 2.75) is 0 Å². The van der Waals surface area contributed by atoms with Gasteiger partial charge in [-0.25, -0.2) is 4.57 Å². The summed E-state index contributed by atoms with van der Waals surface area (Å²) in [6, 6.07) is 16.3. The lowest BCUT2D eigenvalue weighted by Gasteiger charge is -2.06. The maximum atomic E-state index is 10.7. The zero-order valence-electron chi connectivity index (χ0n) is 10.0. The van der Waals surface area contributed by atoms with Gasteiger partial charge in [-0.2, -0.15) is 0 Å². The lowest BCUT2D eigenvalue weighted by molar-refractivity contribution is 0.283. The molecule has 0 bridgehead atoms. The van der Waals surface area contributed by atoms with Gasteiger partial charge in [0, 0.05) is 0 Å². The van der Waals surface area contributed by atoms with Gasteiger partial charge in [0.15, 0.2) is 0 Å². The van der Waals surface area contributed by atoms with Crippen molar-refractivity contribution >= 4 is 20.0 Å². The summed E-state index contributed by atoms with van der Waals surface area (Å²) in [5, 5.41) is 0. The Balaban J connectivity index is 2.07. The first-order valence-electron chi connectivity index (χ1n) is 5.61. The molecule has 0 saturated carbocycles. The van der Waals surface area contributed by atoms with E-state index in [9.17, 15) is 4.57 Å². The third-order valence-corrected chi connectivity index (χ3v) is 2.82. The van der Waals surface area contributed by atoms with Gasteiger partial charge in [0.25, 0.3) is 0 Å². The van der Waals surface area contributed by atoms with Crippen LogP contribution in [0.1, 0.15) is 11.1 Å². The van der Waals surface area contributed by atoms with E-state index in [4.69, 9.17) is 9.79 Å². The van der Waals surface area contributed by atoms with Crippen molar-refractivity contribution in [3.8, 4) is 5.75 Å². The van der Waals surface area contributed by atoms with Crippen LogP contribution < -0.4 is 4.52 Å². The third kappa shape index (κ3) is 4.72. The molecule has 19 heavy (non-hydrogen) atoms. The van der Waals surface area contributed by atoms with Crippen LogP contribution in [0.2, 0.25) is 0 Å². The van der Waals surface area contributed by atoms with Gasteiger partial charge < -0.3 is 4.52 Å². The summed E-state index contributed by atoms with van der Waals surface area (Å²) in [5.41, 5.74) is 2.00. The molecule has 0 radical (unpaired) electrons. The molecule has 2 aromatic rings. The van der Waals surface area contributed by atoms with E-state index in [-0.39, 0.29) is 5.75 Å². The molecular formula is C14H13O4P. The Hall–Kier alpha value is -1.87. The molecule has 0 saturated heterocycles. The molecule has 5 heteroatoms. The second kappa shape index (κ2) is 5.85. The van der Waals surface area contributed by atoms with Crippen LogP contribution in [0, 0.1) is 0 Å². The Morgan fingerprint density at radius 3 is 1.89 bits per heavy atom. The largest absolute Gasteiger partial charge is 0.524 e. The highest BCUT2D eigenvalue weighted by atomic mass is 31.2. The van der Waals surface area contributed by atoms with Crippen molar-refractivity contribution in [2.75, 3.05) is 0 Å². The number of phosphoric ester groups is 1. The minimum absolute atomic E-state index is 0.144. The maximum Gasteiger partial charge on any atom is 0.524 e. The summed E-state index contributed by atoms with van der Waals surface area (Å²) >= 11 is 0. The topological polar surface area (TPSA) is 66.8 Å². The van der Waals surface area contributed by atoms with Crippen molar-refractivity contribution < 1.29 is 18.9 Å². The third-order valence-electron chi connectivity index (χ3n) is 2.37. The quantitative estimate of drug-likeness (QED) is 0.664. The molecule has 2 N–H and O–H groups in total. The van der Waals surface area contributed by atoms with Gasteiger partial charge in [-0.15, -0.1) is 0 Å². The molecular weight excluding hydrogens is 263 g/mol. The van der Waals surface area contributed by atoms with E-state index in [1.54, 1.807) is 12.1 Å². The first kappa shape index (κ1) is 13.6. The van der Waals surface area contributed by atoms with Crippen molar-refractivity contribution in [3.05, 3.63) is 65.7 Å². The fourth-order valence-electron chi connectivity index (χ4n) is 1.53. The highest BCUT2D eigenvalue weighted by Gasteiger charge is 2.15. The molecule has 0 unspecified atom stereocenters. The highest BCUT2D eigenvalue weighted by Crippen LogP contribution is 2.37. The summed E-state index contributed by atoms with van der Waals surface area (Å²) in [6.07, 6.45) is 3.87. The van der Waals surface area contributed by atoms with E-state index in [1.807, 2.05) is 42.5 Å². The number of hydrogen-bond donors (Lipinski definition) is 2. The normalized spacial score (nSPS) is 11.7. The van der Waals surface area contributed by atoms with Gasteiger partial charge in [-0.05, 0) is 23.3 Å². The Bertz CT molecular complexity index is 599. The predicted molar refractivity (Wildman–Crippen MR) is 74.5 cm³/mol. The summed E-state index contributed by atoms with van der Waals surface area (Å²) in [5.74, 6) is 0.144. The van der Waals surface area contributed by atoms with Gasteiger partial charge in [0.2, 0.25) is 0 Å². The van der Waals surface area contributed by atoms with Gasteiger partial charge >= 0.3 is 7.82 Å². The Morgan fingerprint density at radius 1 is 0.842 bits per heavy atom. The second-order valence-electron chi connectivity index (χ2n) is 3.89. The second-order valence-corrected chi connectivity index (χ2v) is 5.06. The zero-order valence-corrected chi connectivity index (χ0v) is 10.9. The standard InChI is InChI=1S/C14H13O4P/c15-19(16,17)18-14-10-8-13(9-11-14)7-6-12-4-2-1-3-5-12/h1-11H,(H2,15,16,17). The Kier molecular flexibility index (Phi) is 4.17. The van der Waals surface area contributed by atoms with Crippen LogP contribution in [0.25, 0.3) is 12.2 Å². The molecule has 0 aliphatic heterocycles. The number of benzene rings is 2. The van der Waals surface area contributed by atoms with Gasteiger partial charge in [0.05, 0.1) is 0 Å². The molecule has 0 heterocycles. The van der Waals surface area contributed by atoms with Crippen molar-refractivity contribution in [1.29, 1.82) is 0 Å². The molecule has 0 amide bonds. The van der Waals surface area contributed by atoms with Crippen LogP contribution in [0.15, 0.2) is 54.6 Å². The van der Waals surface area contributed by atoms with E-state index >= 15 is 0 Å². The van der Waals surface area contributed by atoms with Crippen LogP contribution >= 0.6 is 7.82 Å². The fourth-order valence-corrected chi connectivity index (χ4v) is 1.93. The van der Waals surface area contributed by atoms with E-state index in [1.165, 1.54) is 12.1 Å². The number of hydrogen-bond acceptors (Lipinski definition) is 2. The predicted octanol–water partition coefficient (Wildman–Crippen LogP) is 3.33. The van der Waals surface area contributed by atoms with Gasteiger partial charge in [0.1, 0.15) is 5.75 Å². The maximum absolute atomic E-state index is 10.7. The summed E-state index contributed by atoms with van der Waals surface area (Å²) < 4.78 is 15.1. The number of phosphoric acid groups is 1. The first-order valence-corrected chi connectivity index (χ1v) is 7.14. The highest BCUT2D eigenvalue weighted by molar-refractivity contribution is 7.46. The van der Waals surface area contributed by atoms with Crippen LogP contribution in [0.3, 0.4) is 0 Å². The molecule has 2 aromatic carbocycles. The Morgan fingerprint density at radius 2 is 1.37 bits per heavy atom. The minimum Gasteiger partial charge on any atom is -0.404 e. The Labute approximate surface area is 111 Å². The lowest BCUT2D eigenvalue weighted by Crippen LogP contribution is -1.89. The molecule has 0 aliphatic rings. The van der Waals surface area contributed by atoms with Crippen LogP contribution in [0.4, 0.5) is 0 Å². The van der Waals surface area contributed by atoms with E-state index in [2.05, 4.69) is 4.52 Å². The van der Waals surface area contributed by atoms with E-state index in [0.29, 0.717) is 0 Å². The first-order chi connectivity index (χ1) is 9.03. The van der Waals surface area contributed by atoms with Crippen molar-refractivity contribution in [1.82, 2.24) is 0 Å². The van der Waals surface area contributed by atoms with Gasteiger partial charge in [-0.1, -0.05) is 54.6 Å². The van der Waals surface area contributed by atoms with Crippen LogP contribution in [-0.2, 0) is 4.57 Å². The van der Waals surface area contributed by atoms with E-state index in [0.717, 1.165) is 11.1 Å². The molecule has 0 spiro atoms. The number of rotatable bonds is 4. The summed E-state index contributed by atoms with van der Waals surface area (Å²) in [4.78, 5) is 17.3. The average molecular weight is 276 g/mol. The van der Waals surface area contributed by atoms with Crippen LogP contribution in [-0.4, -0.2) is 9.79 Å². The summed E-state index contributed by atoms with van der Waals surface area (Å²) in [7, 11) is -4.48. The average Bonchev–Trinajstić information content (AvgIpc) is 2.37. The molecule has 98 valence electrons. The SMILES string of the molecule is O=P(O)(O)Oc1ccc(C=Cc2ccccc2)cc1. The van der Waals surface area contributed by atoms with Crippen molar-refractivity contribution in [3.63, 3.8) is 0 Å².